The third kappa shape index (κ3) is 4.62. The van der Waals surface area contributed by atoms with Crippen LogP contribution in [0.5, 0.6) is 0 Å². The Morgan fingerprint density at radius 2 is 2.28 bits per heavy atom. The number of aliphatic hydroxyl groups excluding tert-OH is 1. The molecule has 104 valence electrons. The van der Waals surface area contributed by atoms with Crippen molar-refractivity contribution < 1.29 is 19.5 Å². The van der Waals surface area contributed by atoms with E-state index in [4.69, 9.17) is 9.94 Å². The van der Waals surface area contributed by atoms with Crippen LogP contribution in [0.1, 0.15) is 39.5 Å². The van der Waals surface area contributed by atoms with Gasteiger partial charge in [0.05, 0.1) is 6.61 Å². The number of amides is 2. The first-order valence-electron chi connectivity index (χ1n) is 6.40. The molecule has 0 saturated carbocycles. The minimum absolute atomic E-state index is 0.0963. The molecule has 1 rings (SSSR count). The molecule has 6 heteroatoms. The van der Waals surface area contributed by atoms with Crippen LogP contribution in [0, 0.1) is 5.92 Å². The molecule has 0 aromatic heterocycles. The van der Waals surface area contributed by atoms with Gasteiger partial charge in [0.25, 0.3) is 5.91 Å². The minimum Gasteiger partial charge on any atom is -0.394 e. The van der Waals surface area contributed by atoms with Gasteiger partial charge in [-0.05, 0) is 18.8 Å². The van der Waals surface area contributed by atoms with Crippen molar-refractivity contribution in [2.75, 3.05) is 6.61 Å². The van der Waals surface area contributed by atoms with E-state index in [1.54, 1.807) is 0 Å². The molecule has 0 spiro atoms. The molecule has 0 radical (unpaired) electrons. The molecule has 1 aliphatic rings. The van der Waals surface area contributed by atoms with E-state index in [0.29, 0.717) is 12.8 Å². The zero-order valence-corrected chi connectivity index (χ0v) is 10.9. The summed E-state index contributed by atoms with van der Waals surface area (Å²) in [4.78, 5) is 28.3. The minimum atomic E-state index is -0.536. The summed E-state index contributed by atoms with van der Waals surface area (Å²) >= 11 is 0. The number of nitrogens with one attached hydrogen (secondary N) is 2. The Morgan fingerprint density at radius 1 is 1.56 bits per heavy atom. The summed E-state index contributed by atoms with van der Waals surface area (Å²) in [6, 6.07) is -0.536. The largest absolute Gasteiger partial charge is 0.394 e. The molecule has 1 heterocycles. The van der Waals surface area contributed by atoms with E-state index in [1.807, 2.05) is 13.8 Å². The number of carbonyl (C=O) groups is 2. The summed E-state index contributed by atoms with van der Waals surface area (Å²) in [7, 11) is 0. The van der Waals surface area contributed by atoms with Crippen LogP contribution in [0.3, 0.4) is 0 Å². The second-order valence-electron chi connectivity index (χ2n) is 4.92. The second kappa shape index (κ2) is 7.33. The quantitative estimate of drug-likeness (QED) is 0.611. The molecule has 0 bridgehead atoms. The van der Waals surface area contributed by atoms with Crippen LogP contribution in [0.25, 0.3) is 0 Å². The van der Waals surface area contributed by atoms with Crippen molar-refractivity contribution >= 4 is 11.8 Å². The van der Waals surface area contributed by atoms with Crippen molar-refractivity contribution in [1.82, 2.24) is 10.8 Å². The lowest BCUT2D eigenvalue weighted by atomic mass is 10.1. The molecule has 1 fully saturated rings. The molecule has 6 nitrogen and oxygen atoms in total. The standard InChI is InChI=1S/C12H22N2O4/c1-8(2)10(7-15)18-14-12(17)9-5-3-4-6-11(16)13-9/h8-10,15H,3-7H2,1-2H3,(H,13,16)(H,14,17)/t9-,10-/m1/s1. The highest BCUT2D eigenvalue weighted by Gasteiger charge is 2.24. The van der Waals surface area contributed by atoms with Gasteiger partial charge in [0, 0.05) is 6.42 Å². The zero-order valence-electron chi connectivity index (χ0n) is 10.9. The Bertz CT molecular complexity index is 294. The Hall–Kier alpha value is -1.14. The van der Waals surface area contributed by atoms with Gasteiger partial charge in [-0.25, -0.2) is 5.48 Å². The summed E-state index contributed by atoms with van der Waals surface area (Å²) in [5, 5.41) is 11.7. The monoisotopic (exact) mass is 258 g/mol. The van der Waals surface area contributed by atoms with Gasteiger partial charge in [-0.2, -0.15) is 0 Å². The van der Waals surface area contributed by atoms with Crippen molar-refractivity contribution in [3.63, 3.8) is 0 Å². The number of aliphatic hydroxyl groups is 1. The van der Waals surface area contributed by atoms with E-state index in [0.717, 1.165) is 12.8 Å². The van der Waals surface area contributed by atoms with Crippen LogP contribution < -0.4 is 10.8 Å². The Labute approximate surface area is 107 Å². The van der Waals surface area contributed by atoms with E-state index in [1.165, 1.54) is 0 Å². The fourth-order valence-electron chi connectivity index (χ4n) is 1.76. The van der Waals surface area contributed by atoms with E-state index in [9.17, 15) is 9.59 Å². The van der Waals surface area contributed by atoms with E-state index < -0.39 is 12.1 Å². The fraction of sp³-hybridized carbons (Fsp3) is 0.833. The zero-order chi connectivity index (χ0) is 13.5. The fourth-order valence-corrected chi connectivity index (χ4v) is 1.76. The average molecular weight is 258 g/mol. The van der Waals surface area contributed by atoms with Crippen LogP contribution in [0.2, 0.25) is 0 Å². The van der Waals surface area contributed by atoms with Gasteiger partial charge in [-0.15, -0.1) is 0 Å². The van der Waals surface area contributed by atoms with Crippen LogP contribution in [0.15, 0.2) is 0 Å². The van der Waals surface area contributed by atoms with E-state index in [-0.39, 0.29) is 24.3 Å². The lowest BCUT2D eigenvalue weighted by Crippen LogP contribution is -2.47. The van der Waals surface area contributed by atoms with E-state index >= 15 is 0 Å². The van der Waals surface area contributed by atoms with Crippen molar-refractivity contribution in [2.45, 2.75) is 51.7 Å². The van der Waals surface area contributed by atoms with Gasteiger partial charge in [-0.3, -0.25) is 14.4 Å². The average Bonchev–Trinajstić information content (AvgIpc) is 2.54. The molecule has 0 aliphatic carbocycles. The predicted molar refractivity (Wildman–Crippen MR) is 65.3 cm³/mol. The summed E-state index contributed by atoms with van der Waals surface area (Å²) in [6.45, 7) is 3.62. The molecular formula is C12H22N2O4. The molecular weight excluding hydrogens is 236 g/mol. The highest BCUT2D eigenvalue weighted by Crippen LogP contribution is 2.10. The molecule has 0 aromatic carbocycles. The van der Waals surface area contributed by atoms with Crippen molar-refractivity contribution in [3.8, 4) is 0 Å². The summed E-state index contributed by atoms with van der Waals surface area (Å²) in [5.41, 5.74) is 2.32. The number of hydroxylamine groups is 1. The van der Waals surface area contributed by atoms with Crippen molar-refractivity contribution in [2.24, 2.45) is 5.92 Å². The topological polar surface area (TPSA) is 87.7 Å². The van der Waals surface area contributed by atoms with Gasteiger partial charge in [0.2, 0.25) is 5.91 Å². The maximum Gasteiger partial charge on any atom is 0.266 e. The molecule has 3 N–H and O–H groups in total. The first-order valence-corrected chi connectivity index (χ1v) is 6.40. The molecule has 0 aromatic rings. The second-order valence-corrected chi connectivity index (χ2v) is 4.92. The Balaban J connectivity index is 2.41. The molecule has 2 atom stereocenters. The lowest BCUT2D eigenvalue weighted by molar-refractivity contribution is -0.147. The summed E-state index contributed by atoms with van der Waals surface area (Å²) in [6.07, 6.45) is 2.30. The van der Waals surface area contributed by atoms with Crippen molar-refractivity contribution in [1.29, 1.82) is 0 Å². The number of carbonyl (C=O) groups excluding carboxylic acids is 2. The number of hydrogen-bond donors (Lipinski definition) is 3. The van der Waals surface area contributed by atoms with Crippen LogP contribution in [0.4, 0.5) is 0 Å². The molecule has 1 saturated heterocycles. The Morgan fingerprint density at radius 3 is 2.89 bits per heavy atom. The predicted octanol–water partition coefficient (Wildman–Crippen LogP) is 0.110. The first kappa shape index (κ1) is 14.9. The van der Waals surface area contributed by atoms with E-state index in [2.05, 4.69) is 10.8 Å². The third-order valence-corrected chi connectivity index (χ3v) is 3.03. The van der Waals surface area contributed by atoms with Gasteiger partial charge in [0.15, 0.2) is 0 Å². The van der Waals surface area contributed by atoms with Crippen LogP contribution in [-0.4, -0.2) is 35.7 Å². The highest BCUT2D eigenvalue weighted by molar-refractivity contribution is 5.87. The normalized spacial score (nSPS) is 22.2. The summed E-state index contributed by atoms with van der Waals surface area (Å²) < 4.78 is 0. The number of hydrogen-bond acceptors (Lipinski definition) is 4. The lowest BCUT2D eigenvalue weighted by Gasteiger charge is -2.21. The molecule has 0 unspecified atom stereocenters. The number of rotatable bonds is 5. The first-order chi connectivity index (χ1) is 8.54. The maximum atomic E-state index is 11.8. The van der Waals surface area contributed by atoms with Crippen molar-refractivity contribution in [3.05, 3.63) is 0 Å². The maximum absolute atomic E-state index is 11.8. The van der Waals surface area contributed by atoms with Crippen LogP contribution in [-0.2, 0) is 14.4 Å². The smallest absolute Gasteiger partial charge is 0.266 e. The molecule has 2 amide bonds. The van der Waals surface area contributed by atoms with Gasteiger partial charge < -0.3 is 10.4 Å². The van der Waals surface area contributed by atoms with Gasteiger partial charge in [-0.1, -0.05) is 20.3 Å². The summed E-state index contributed by atoms with van der Waals surface area (Å²) in [5.74, 6) is -0.362. The van der Waals surface area contributed by atoms with Gasteiger partial charge in [0.1, 0.15) is 12.1 Å². The Kier molecular flexibility index (Phi) is 6.07. The molecule has 18 heavy (non-hydrogen) atoms. The van der Waals surface area contributed by atoms with Gasteiger partial charge >= 0.3 is 0 Å². The molecule has 1 aliphatic heterocycles. The highest BCUT2D eigenvalue weighted by atomic mass is 16.7. The van der Waals surface area contributed by atoms with Crippen LogP contribution >= 0.6 is 0 Å². The SMILES string of the molecule is CC(C)[C@@H](CO)ONC(=O)[C@H]1CCCCC(=O)N1. The third-order valence-electron chi connectivity index (χ3n) is 3.03.